The normalized spacial score (nSPS) is 21.4. The third kappa shape index (κ3) is 4.09. The van der Waals surface area contributed by atoms with E-state index in [1.807, 2.05) is 0 Å². The van der Waals surface area contributed by atoms with Crippen molar-refractivity contribution < 1.29 is 19.8 Å². The molecule has 21 heavy (non-hydrogen) atoms. The van der Waals surface area contributed by atoms with Crippen LogP contribution in [-0.4, -0.2) is 52.3 Å². The fraction of sp³-hybridized carbons (Fsp3) is 0.867. The molecular weight excluding hydrogens is 272 g/mol. The van der Waals surface area contributed by atoms with Gasteiger partial charge in [-0.3, -0.25) is 0 Å². The largest absolute Gasteiger partial charge is 0.480 e. The summed E-state index contributed by atoms with van der Waals surface area (Å²) < 4.78 is 0. The maximum atomic E-state index is 12.4. The first-order chi connectivity index (χ1) is 10.1. The second kappa shape index (κ2) is 7.64. The minimum Gasteiger partial charge on any atom is -0.480 e. The summed E-state index contributed by atoms with van der Waals surface area (Å²) in [7, 11) is 0. The first kappa shape index (κ1) is 16.1. The molecule has 2 amide bonds. The number of nitrogens with zero attached hydrogens (tertiary/aromatic N) is 1. The van der Waals surface area contributed by atoms with Crippen molar-refractivity contribution in [2.75, 3.05) is 13.2 Å². The topological polar surface area (TPSA) is 89.9 Å². The Labute approximate surface area is 125 Å². The van der Waals surface area contributed by atoms with Crippen molar-refractivity contribution in [3.05, 3.63) is 0 Å². The minimum absolute atomic E-state index is 0.0255. The molecule has 0 heterocycles. The number of carbonyl (C=O) groups is 2. The number of hydrogen-bond acceptors (Lipinski definition) is 3. The van der Waals surface area contributed by atoms with E-state index < -0.39 is 12.0 Å². The van der Waals surface area contributed by atoms with Crippen molar-refractivity contribution in [2.45, 2.75) is 63.5 Å². The SMILES string of the molecule is O=C(O)C(NC(=O)N(CCO)C1CCC1)C1CCCCC1. The van der Waals surface area contributed by atoms with Crippen molar-refractivity contribution >= 4 is 12.0 Å². The van der Waals surface area contributed by atoms with Gasteiger partial charge in [0, 0.05) is 12.6 Å². The maximum absolute atomic E-state index is 12.4. The monoisotopic (exact) mass is 298 g/mol. The molecule has 120 valence electrons. The molecule has 0 aromatic carbocycles. The van der Waals surface area contributed by atoms with Crippen molar-refractivity contribution in [1.29, 1.82) is 0 Å². The van der Waals surface area contributed by atoms with E-state index >= 15 is 0 Å². The van der Waals surface area contributed by atoms with Gasteiger partial charge in [-0.2, -0.15) is 0 Å². The van der Waals surface area contributed by atoms with Gasteiger partial charge in [-0.1, -0.05) is 19.3 Å². The Hall–Kier alpha value is -1.30. The number of urea groups is 1. The maximum Gasteiger partial charge on any atom is 0.326 e. The number of aliphatic hydroxyl groups excluding tert-OH is 1. The summed E-state index contributed by atoms with van der Waals surface area (Å²) >= 11 is 0. The van der Waals surface area contributed by atoms with Crippen LogP contribution >= 0.6 is 0 Å². The number of rotatable bonds is 6. The minimum atomic E-state index is -0.951. The summed E-state index contributed by atoms with van der Waals surface area (Å²) in [6.45, 7) is 0.179. The smallest absolute Gasteiger partial charge is 0.326 e. The number of hydrogen-bond donors (Lipinski definition) is 3. The molecular formula is C15H26N2O4. The number of nitrogens with one attached hydrogen (secondary N) is 1. The molecule has 6 heteroatoms. The summed E-state index contributed by atoms with van der Waals surface area (Å²) in [5, 5.41) is 21.2. The Bertz CT molecular complexity index is 365. The lowest BCUT2D eigenvalue weighted by Gasteiger charge is -2.38. The second-order valence-electron chi connectivity index (χ2n) is 6.17. The van der Waals surface area contributed by atoms with Gasteiger partial charge in [-0.25, -0.2) is 9.59 Å². The molecule has 0 aromatic rings. The molecule has 2 aliphatic carbocycles. The average molecular weight is 298 g/mol. The van der Waals surface area contributed by atoms with Crippen molar-refractivity contribution in [2.24, 2.45) is 5.92 Å². The average Bonchev–Trinajstić information content (AvgIpc) is 2.42. The third-order valence-electron chi connectivity index (χ3n) is 4.78. The zero-order valence-corrected chi connectivity index (χ0v) is 12.5. The fourth-order valence-corrected chi connectivity index (χ4v) is 3.32. The standard InChI is InChI=1S/C15H26N2O4/c18-10-9-17(12-7-4-8-12)15(21)16-13(14(19)20)11-5-2-1-3-6-11/h11-13,18H,1-10H2,(H,16,21)(H,19,20). The summed E-state index contributed by atoms with van der Waals surface area (Å²) in [4.78, 5) is 25.5. The van der Waals surface area contributed by atoms with E-state index in [1.54, 1.807) is 4.90 Å². The second-order valence-corrected chi connectivity index (χ2v) is 6.17. The Morgan fingerprint density at radius 1 is 1.10 bits per heavy atom. The Kier molecular flexibility index (Phi) is 5.85. The van der Waals surface area contributed by atoms with Crippen LogP contribution in [0.5, 0.6) is 0 Å². The van der Waals surface area contributed by atoms with Crippen LogP contribution in [0, 0.1) is 5.92 Å². The molecule has 2 fully saturated rings. The number of carboxylic acid groups (broad SMARTS) is 1. The number of carboxylic acids is 1. The highest BCUT2D eigenvalue weighted by Gasteiger charge is 2.34. The molecule has 1 unspecified atom stereocenters. The van der Waals surface area contributed by atoms with Crippen LogP contribution in [0.4, 0.5) is 4.79 Å². The van der Waals surface area contributed by atoms with E-state index in [-0.39, 0.29) is 31.1 Å². The Morgan fingerprint density at radius 3 is 2.24 bits per heavy atom. The van der Waals surface area contributed by atoms with Gasteiger partial charge in [0.25, 0.3) is 0 Å². The summed E-state index contributed by atoms with van der Waals surface area (Å²) in [5.41, 5.74) is 0. The lowest BCUT2D eigenvalue weighted by atomic mass is 9.84. The number of aliphatic hydroxyl groups is 1. The Balaban J connectivity index is 1.96. The van der Waals surface area contributed by atoms with Gasteiger partial charge in [0.2, 0.25) is 0 Å². The molecule has 6 nitrogen and oxygen atoms in total. The van der Waals surface area contributed by atoms with Crippen LogP contribution in [-0.2, 0) is 4.79 Å². The summed E-state index contributed by atoms with van der Waals surface area (Å²) in [5.74, 6) is -0.926. The number of aliphatic carboxylic acids is 1. The zero-order chi connectivity index (χ0) is 15.2. The quantitative estimate of drug-likeness (QED) is 0.694. The highest BCUT2D eigenvalue weighted by atomic mass is 16.4. The van der Waals surface area contributed by atoms with Crippen LogP contribution in [0.3, 0.4) is 0 Å². The lowest BCUT2D eigenvalue weighted by Crippen LogP contribution is -2.55. The first-order valence-electron chi connectivity index (χ1n) is 8.04. The molecule has 0 aliphatic heterocycles. The van der Waals surface area contributed by atoms with Gasteiger partial charge >= 0.3 is 12.0 Å². The molecule has 0 radical (unpaired) electrons. The molecule has 2 saturated carbocycles. The molecule has 1 atom stereocenters. The molecule has 2 rings (SSSR count). The van der Waals surface area contributed by atoms with Crippen LogP contribution in [0.25, 0.3) is 0 Å². The number of carbonyl (C=O) groups excluding carboxylic acids is 1. The van der Waals surface area contributed by atoms with Crippen molar-refractivity contribution in [3.63, 3.8) is 0 Å². The van der Waals surface area contributed by atoms with E-state index in [2.05, 4.69) is 5.32 Å². The van der Waals surface area contributed by atoms with Gasteiger partial charge in [0.1, 0.15) is 6.04 Å². The summed E-state index contributed by atoms with van der Waals surface area (Å²) in [6, 6.07) is -0.997. The van der Waals surface area contributed by atoms with Crippen LogP contribution in [0.15, 0.2) is 0 Å². The highest BCUT2D eigenvalue weighted by molar-refractivity contribution is 5.83. The zero-order valence-electron chi connectivity index (χ0n) is 12.5. The molecule has 0 saturated heterocycles. The Morgan fingerprint density at radius 2 is 1.76 bits per heavy atom. The predicted octanol–water partition coefficient (Wildman–Crippen LogP) is 1.58. The molecule has 0 spiro atoms. The molecule has 0 bridgehead atoms. The van der Waals surface area contributed by atoms with Crippen LogP contribution in [0.1, 0.15) is 51.4 Å². The van der Waals surface area contributed by atoms with Crippen molar-refractivity contribution in [3.8, 4) is 0 Å². The highest BCUT2D eigenvalue weighted by Crippen LogP contribution is 2.28. The van der Waals surface area contributed by atoms with Gasteiger partial charge in [-0.15, -0.1) is 0 Å². The van der Waals surface area contributed by atoms with E-state index in [0.717, 1.165) is 51.4 Å². The van der Waals surface area contributed by atoms with Gasteiger partial charge in [0.05, 0.1) is 6.61 Å². The fourth-order valence-electron chi connectivity index (χ4n) is 3.32. The van der Waals surface area contributed by atoms with E-state index in [1.165, 1.54) is 0 Å². The van der Waals surface area contributed by atoms with Gasteiger partial charge < -0.3 is 20.4 Å². The van der Waals surface area contributed by atoms with E-state index in [9.17, 15) is 14.7 Å². The molecule has 2 aliphatic rings. The number of amides is 2. The van der Waals surface area contributed by atoms with Crippen molar-refractivity contribution in [1.82, 2.24) is 10.2 Å². The van der Waals surface area contributed by atoms with E-state index in [4.69, 9.17) is 5.11 Å². The first-order valence-corrected chi connectivity index (χ1v) is 8.04. The summed E-state index contributed by atoms with van der Waals surface area (Å²) in [6.07, 6.45) is 7.91. The molecule has 0 aromatic heterocycles. The van der Waals surface area contributed by atoms with Crippen LogP contribution in [0.2, 0.25) is 0 Å². The lowest BCUT2D eigenvalue weighted by molar-refractivity contribution is -0.141. The molecule has 3 N–H and O–H groups in total. The third-order valence-corrected chi connectivity index (χ3v) is 4.78. The van der Waals surface area contributed by atoms with Gasteiger partial charge in [-0.05, 0) is 38.0 Å². The predicted molar refractivity (Wildman–Crippen MR) is 78.0 cm³/mol. The van der Waals surface area contributed by atoms with Crippen LogP contribution < -0.4 is 5.32 Å². The van der Waals surface area contributed by atoms with E-state index in [0.29, 0.717) is 0 Å². The van der Waals surface area contributed by atoms with Gasteiger partial charge in [0.15, 0.2) is 0 Å².